The number of ether oxygens (including phenoxy) is 1. The molecular weight excluding hydrogens is 293 g/mol. The molecule has 2 aromatic rings. The average molecular weight is 306 g/mol. The minimum Gasteiger partial charge on any atom is -0.492 e. The lowest BCUT2D eigenvalue weighted by molar-refractivity contribution is -0.121. The van der Waals surface area contributed by atoms with Gasteiger partial charge in [-0.05, 0) is 36.2 Å². The van der Waals surface area contributed by atoms with E-state index in [0.717, 1.165) is 11.3 Å². The number of fused-ring (bicyclic) bond motifs is 1. The summed E-state index contributed by atoms with van der Waals surface area (Å²) < 4.78 is 19.3. The summed E-state index contributed by atoms with van der Waals surface area (Å²) >= 11 is 5.69. The maximum absolute atomic E-state index is 13.7. The van der Waals surface area contributed by atoms with E-state index < -0.39 is 5.82 Å². The van der Waals surface area contributed by atoms with Crippen molar-refractivity contribution >= 4 is 23.2 Å². The molecule has 1 N–H and O–H groups in total. The predicted molar refractivity (Wildman–Crippen MR) is 79.2 cm³/mol. The Bertz CT molecular complexity index is 690. The van der Waals surface area contributed by atoms with E-state index in [1.165, 1.54) is 18.2 Å². The fourth-order valence-corrected chi connectivity index (χ4v) is 2.48. The fraction of sp³-hybridized carbons (Fsp3) is 0.188. The Morgan fingerprint density at radius 2 is 2.10 bits per heavy atom. The maximum atomic E-state index is 13.7. The first kappa shape index (κ1) is 13.9. The first-order chi connectivity index (χ1) is 10.1. The van der Waals surface area contributed by atoms with Gasteiger partial charge in [-0.2, -0.15) is 0 Å². The van der Waals surface area contributed by atoms with Crippen LogP contribution in [0.25, 0.3) is 0 Å². The second kappa shape index (κ2) is 5.74. The molecule has 0 aromatic heterocycles. The molecule has 0 fully saturated rings. The van der Waals surface area contributed by atoms with Crippen molar-refractivity contribution in [3.63, 3.8) is 0 Å². The Balaban J connectivity index is 1.72. The number of halogens is 2. The van der Waals surface area contributed by atoms with Gasteiger partial charge in [-0.1, -0.05) is 29.8 Å². The second-order valence-corrected chi connectivity index (χ2v) is 5.37. The van der Waals surface area contributed by atoms with Crippen LogP contribution in [0.5, 0.6) is 5.75 Å². The van der Waals surface area contributed by atoms with Crippen molar-refractivity contribution in [1.82, 2.24) is 0 Å². The molecule has 1 amide bonds. The standard InChI is InChI=1S/C16H13ClFNO2/c17-12-5-6-14(13(18)8-12)19-16(20)11-7-10-3-1-2-4-15(10)21-9-11/h1-6,8,11H,7,9H2,(H,19,20)/t11-/m0/s1. The predicted octanol–water partition coefficient (Wildman–Crippen LogP) is 3.67. The molecule has 0 bridgehead atoms. The lowest BCUT2D eigenvalue weighted by Crippen LogP contribution is -2.32. The van der Waals surface area contributed by atoms with E-state index in [4.69, 9.17) is 16.3 Å². The SMILES string of the molecule is O=C(Nc1ccc(Cl)cc1F)[C@@H]1COc2ccccc2C1. The van der Waals surface area contributed by atoms with Crippen LogP contribution in [0.15, 0.2) is 42.5 Å². The van der Waals surface area contributed by atoms with Crippen molar-refractivity contribution in [2.75, 3.05) is 11.9 Å². The molecule has 0 saturated heterocycles. The third-order valence-corrected chi connectivity index (χ3v) is 3.67. The number of nitrogens with one attached hydrogen (secondary N) is 1. The van der Waals surface area contributed by atoms with Crippen LogP contribution in [0.1, 0.15) is 5.56 Å². The first-order valence-electron chi connectivity index (χ1n) is 6.60. The van der Waals surface area contributed by atoms with E-state index in [0.29, 0.717) is 11.4 Å². The molecule has 1 aliphatic heterocycles. The van der Waals surface area contributed by atoms with E-state index in [2.05, 4.69) is 5.32 Å². The molecule has 1 heterocycles. The average Bonchev–Trinajstić information content (AvgIpc) is 2.49. The topological polar surface area (TPSA) is 38.3 Å². The van der Waals surface area contributed by atoms with Crippen LogP contribution in [0.3, 0.4) is 0 Å². The molecule has 21 heavy (non-hydrogen) atoms. The van der Waals surface area contributed by atoms with Crippen LogP contribution in [-0.2, 0) is 11.2 Å². The fourth-order valence-electron chi connectivity index (χ4n) is 2.32. The van der Waals surface area contributed by atoms with E-state index in [1.54, 1.807) is 0 Å². The summed E-state index contributed by atoms with van der Waals surface area (Å²) in [6, 6.07) is 11.8. The van der Waals surface area contributed by atoms with Gasteiger partial charge in [-0.3, -0.25) is 4.79 Å². The maximum Gasteiger partial charge on any atom is 0.231 e. The number of amides is 1. The number of carbonyl (C=O) groups excluding carboxylic acids is 1. The Hall–Kier alpha value is -2.07. The Morgan fingerprint density at radius 3 is 2.90 bits per heavy atom. The van der Waals surface area contributed by atoms with Crippen molar-refractivity contribution in [3.8, 4) is 5.75 Å². The number of carbonyl (C=O) groups is 1. The van der Waals surface area contributed by atoms with Gasteiger partial charge in [0.25, 0.3) is 0 Å². The summed E-state index contributed by atoms with van der Waals surface area (Å²) in [4.78, 5) is 12.2. The van der Waals surface area contributed by atoms with E-state index in [9.17, 15) is 9.18 Å². The first-order valence-corrected chi connectivity index (χ1v) is 6.98. The van der Waals surface area contributed by atoms with Crippen LogP contribution in [0, 0.1) is 11.7 Å². The number of rotatable bonds is 2. The molecule has 2 aromatic carbocycles. The number of hydrogen-bond donors (Lipinski definition) is 1. The van der Waals surface area contributed by atoms with Gasteiger partial charge in [0.15, 0.2) is 0 Å². The Morgan fingerprint density at radius 1 is 1.29 bits per heavy atom. The molecule has 108 valence electrons. The smallest absolute Gasteiger partial charge is 0.231 e. The summed E-state index contributed by atoms with van der Waals surface area (Å²) in [7, 11) is 0. The van der Waals surface area contributed by atoms with Crippen molar-refractivity contribution in [2.24, 2.45) is 5.92 Å². The molecule has 5 heteroatoms. The van der Waals surface area contributed by atoms with Crippen molar-refractivity contribution < 1.29 is 13.9 Å². The van der Waals surface area contributed by atoms with Gasteiger partial charge in [-0.25, -0.2) is 4.39 Å². The zero-order valence-electron chi connectivity index (χ0n) is 11.1. The van der Waals surface area contributed by atoms with Crippen LogP contribution in [-0.4, -0.2) is 12.5 Å². The van der Waals surface area contributed by atoms with Gasteiger partial charge in [0, 0.05) is 5.02 Å². The molecule has 1 aliphatic rings. The molecule has 1 atom stereocenters. The zero-order valence-corrected chi connectivity index (χ0v) is 11.9. The summed E-state index contributed by atoms with van der Waals surface area (Å²) in [5.74, 6) is -0.340. The molecular formula is C16H13ClFNO2. The number of hydrogen-bond acceptors (Lipinski definition) is 2. The van der Waals surface area contributed by atoms with Crippen LogP contribution >= 0.6 is 11.6 Å². The lowest BCUT2D eigenvalue weighted by atomic mass is 9.96. The monoisotopic (exact) mass is 305 g/mol. The Labute approximate surface area is 126 Å². The number of para-hydroxylation sites is 1. The summed E-state index contributed by atoms with van der Waals surface area (Å²) in [5, 5.41) is 2.88. The highest BCUT2D eigenvalue weighted by molar-refractivity contribution is 6.30. The van der Waals surface area contributed by atoms with Crippen LogP contribution < -0.4 is 10.1 Å². The van der Waals surface area contributed by atoms with Crippen LogP contribution in [0.2, 0.25) is 5.02 Å². The van der Waals surface area contributed by atoms with Gasteiger partial charge in [0.1, 0.15) is 18.2 Å². The minimum absolute atomic E-state index is 0.128. The van der Waals surface area contributed by atoms with Gasteiger partial charge in [0.05, 0.1) is 11.6 Å². The summed E-state index contributed by atoms with van der Waals surface area (Å²) in [6.45, 7) is 0.290. The van der Waals surface area contributed by atoms with E-state index >= 15 is 0 Å². The van der Waals surface area contributed by atoms with Crippen molar-refractivity contribution in [1.29, 1.82) is 0 Å². The largest absolute Gasteiger partial charge is 0.492 e. The molecule has 0 unspecified atom stereocenters. The highest BCUT2D eigenvalue weighted by Crippen LogP contribution is 2.28. The molecule has 0 aliphatic carbocycles. The summed E-state index contributed by atoms with van der Waals surface area (Å²) in [6.07, 6.45) is 0.581. The van der Waals surface area contributed by atoms with Gasteiger partial charge in [0.2, 0.25) is 5.91 Å². The minimum atomic E-state index is -0.548. The molecule has 3 rings (SSSR count). The molecule has 0 spiro atoms. The third-order valence-electron chi connectivity index (χ3n) is 3.44. The molecule has 3 nitrogen and oxygen atoms in total. The highest BCUT2D eigenvalue weighted by Gasteiger charge is 2.26. The molecule has 0 radical (unpaired) electrons. The van der Waals surface area contributed by atoms with Gasteiger partial charge in [-0.15, -0.1) is 0 Å². The zero-order chi connectivity index (χ0) is 14.8. The Kier molecular flexibility index (Phi) is 3.80. The normalized spacial score (nSPS) is 16.8. The van der Waals surface area contributed by atoms with Gasteiger partial charge < -0.3 is 10.1 Å². The van der Waals surface area contributed by atoms with E-state index in [1.807, 2.05) is 24.3 Å². The highest BCUT2D eigenvalue weighted by atomic mass is 35.5. The lowest BCUT2D eigenvalue weighted by Gasteiger charge is -2.24. The number of anilines is 1. The molecule has 0 saturated carbocycles. The number of benzene rings is 2. The van der Waals surface area contributed by atoms with Crippen molar-refractivity contribution in [3.05, 3.63) is 58.9 Å². The van der Waals surface area contributed by atoms with E-state index in [-0.39, 0.29) is 24.1 Å². The van der Waals surface area contributed by atoms with Gasteiger partial charge >= 0.3 is 0 Å². The second-order valence-electron chi connectivity index (χ2n) is 4.93. The third kappa shape index (κ3) is 3.00. The quantitative estimate of drug-likeness (QED) is 0.919. The summed E-state index contributed by atoms with van der Waals surface area (Å²) in [5.41, 5.74) is 1.11. The van der Waals surface area contributed by atoms with Crippen LogP contribution in [0.4, 0.5) is 10.1 Å². The van der Waals surface area contributed by atoms with Crippen molar-refractivity contribution in [2.45, 2.75) is 6.42 Å².